The number of esters is 1. The molecule has 2 heterocycles. The molecule has 26 heavy (non-hydrogen) atoms. The fourth-order valence-electron chi connectivity index (χ4n) is 4.21. The molecule has 4 rings (SSSR count). The Morgan fingerprint density at radius 1 is 1.27 bits per heavy atom. The summed E-state index contributed by atoms with van der Waals surface area (Å²) in [7, 11) is 1.26. The van der Waals surface area contributed by atoms with Crippen molar-refractivity contribution in [3.8, 4) is 0 Å². The van der Waals surface area contributed by atoms with E-state index in [2.05, 4.69) is 10.3 Å². The summed E-state index contributed by atoms with van der Waals surface area (Å²) in [6.45, 7) is 2.10. The van der Waals surface area contributed by atoms with Crippen molar-refractivity contribution in [1.82, 2.24) is 19.8 Å². The first-order valence-corrected chi connectivity index (χ1v) is 9.24. The van der Waals surface area contributed by atoms with Gasteiger partial charge in [-0.25, -0.2) is 9.78 Å². The SMILES string of the molecule is COC(=O)c1ncn2c1C(=O)N(C1CC1)C(C)(C(=O)NC1CCCC1)C2. The number of fused-ring (bicyclic) bond motifs is 1. The molecule has 140 valence electrons. The zero-order chi connectivity index (χ0) is 18.5. The van der Waals surface area contributed by atoms with Gasteiger partial charge in [-0.1, -0.05) is 12.8 Å². The highest BCUT2D eigenvalue weighted by Gasteiger charge is 2.54. The zero-order valence-corrected chi connectivity index (χ0v) is 15.2. The molecule has 0 saturated heterocycles. The normalized spacial score (nSPS) is 25.9. The summed E-state index contributed by atoms with van der Waals surface area (Å²) in [5.74, 6) is -1.08. The third kappa shape index (κ3) is 2.59. The van der Waals surface area contributed by atoms with Crippen LogP contribution in [0.3, 0.4) is 0 Å². The largest absolute Gasteiger partial charge is 0.464 e. The second-order valence-electron chi connectivity index (χ2n) is 7.70. The Morgan fingerprint density at radius 2 is 1.96 bits per heavy atom. The van der Waals surface area contributed by atoms with Crippen molar-refractivity contribution in [1.29, 1.82) is 0 Å². The first-order valence-electron chi connectivity index (χ1n) is 9.24. The average molecular weight is 360 g/mol. The lowest BCUT2D eigenvalue weighted by Gasteiger charge is -2.44. The van der Waals surface area contributed by atoms with E-state index in [1.54, 1.807) is 9.47 Å². The first-order chi connectivity index (χ1) is 12.5. The molecule has 2 aliphatic carbocycles. The molecule has 0 bridgehead atoms. The maximum Gasteiger partial charge on any atom is 0.359 e. The summed E-state index contributed by atoms with van der Waals surface area (Å²) in [5, 5.41) is 3.14. The molecule has 1 aromatic heterocycles. The van der Waals surface area contributed by atoms with Crippen molar-refractivity contribution < 1.29 is 19.1 Å². The number of imidazole rings is 1. The van der Waals surface area contributed by atoms with Crippen molar-refractivity contribution in [2.45, 2.75) is 69.6 Å². The highest BCUT2D eigenvalue weighted by molar-refractivity contribution is 6.06. The second kappa shape index (κ2) is 6.10. The van der Waals surface area contributed by atoms with Crippen LogP contribution in [0.1, 0.15) is 66.4 Å². The molecule has 8 nitrogen and oxygen atoms in total. The highest BCUT2D eigenvalue weighted by atomic mass is 16.5. The molecule has 0 aromatic carbocycles. The Morgan fingerprint density at radius 3 is 2.58 bits per heavy atom. The van der Waals surface area contributed by atoms with E-state index in [1.165, 1.54) is 13.4 Å². The molecule has 1 aromatic rings. The van der Waals surface area contributed by atoms with Crippen LogP contribution < -0.4 is 5.32 Å². The van der Waals surface area contributed by atoms with Crippen molar-refractivity contribution in [2.75, 3.05) is 7.11 Å². The predicted octanol–water partition coefficient (Wildman–Crippen LogP) is 1.11. The van der Waals surface area contributed by atoms with E-state index in [0.29, 0.717) is 0 Å². The molecule has 1 atom stereocenters. The molecular weight excluding hydrogens is 336 g/mol. The van der Waals surface area contributed by atoms with E-state index in [0.717, 1.165) is 38.5 Å². The van der Waals surface area contributed by atoms with E-state index in [1.807, 2.05) is 6.92 Å². The molecular formula is C18H24N4O4. The molecule has 8 heteroatoms. The molecule has 1 aliphatic heterocycles. The number of hydrogen-bond acceptors (Lipinski definition) is 5. The molecule has 0 radical (unpaired) electrons. The van der Waals surface area contributed by atoms with E-state index in [4.69, 9.17) is 4.74 Å². The summed E-state index contributed by atoms with van der Waals surface area (Å²) in [6.07, 6.45) is 7.43. The minimum Gasteiger partial charge on any atom is -0.464 e. The van der Waals surface area contributed by atoms with Gasteiger partial charge < -0.3 is 19.5 Å². The van der Waals surface area contributed by atoms with Crippen molar-refractivity contribution in [2.24, 2.45) is 0 Å². The number of nitrogens with one attached hydrogen (secondary N) is 1. The number of carbonyl (C=O) groups excluding carboxylic acids is 3. The smallest absolute Gasteiger partial charge is 0.359 e. The maximum absolute atomic E-state index is 13.2. The summed E-state index contributed by atoms with van der Waals surface area (Å²) in [5.41, 5.74) is -0.752. The van der Waals surface area contributed by atoms with Gasteiger partial charge in [-0.05, 0) is 32.6 Å². The average Bonchev–Trinajstić information content (AvgIpc) is 3.14. The van der Waals surface area contributed by atoms with Crippen molar-refractivity contribution >= 4 is 17.8 Å². The third-order valence-corrected chi connectivity index (χ3v) is 5.74. The lowest BCUT2D eigenvalue weighted by atomic mass is 9.93. The maximum atomic E-state index is 13.2. The number of ether oxygens (including phenoxy) is 1. The number of methoxy groups -OCH3 is 1. The lowest BCUT2D eigenvalue weighted by molar-refractivity contribution is -0.134. The van der Waals surface area contributed by atoms with Gasteiger partial charge in [-0.2, -0.15) is 0 Å². The van der Waals surface area contributed by atoms with Gasteiger partial charge in [0.05, 0.1) is 20.0 Å². The minimum absolute atomic E-state index is 0.0152. The van der Waals surface area contributed by atoms with Crippen LogP contribution in [0, 0.1) is 0 Å². The number of amides is 2. The van der Waals surface area contributed by atoms with Crippen LogP contribution in [0.5, 0.6) is 0 Å². The molecule has 3 aliphatic rings. The minimum atomic E-state index is -0.984. The van der Waals surface area contributed by atoms with Gasteiger partial charge in [0.15, 0.2) is 5.69 Å². The van der Waals surface area contributed by atoms with Crippen LogP contribution in [0.2, 0.25) is 0 Å². The van der Waals surface area contributed by atoms with Crippen LogP contribution >= 0.6 is 0 Å². The van der Waals surface area contributed by atoms with Gasteiger partial charge in [-0.3, -0.25) is 9.59 Å². The van der Waals surface area contributed by atoms with Crippen LogP contribution in [-0.4, -0.2) is 57.0 Å². The van der Waals surface area contributed by atoms with E-state index in [-0.39, 0.29) is 41.8 Å². The molecule has 0 spiro atoms. The van der Waals surface area contributed by atoms with Crippen molar-refractivity contribution in [3.63, 3.8) is 0 Å². The second-order valence-corrected chi connectivity index (χ2v) is 7.70. The van der Waals surface area contributed by atoms with Crippen LogP contribution in [0.25, 0.3) is 0 Å². The van der Waals surface area contributed by atoms with Crippen LogP contribution in [0.15, 0.2) is 6.33 Å². The van der Waals surface area contributed by atoms with Gasteiger partial charge in [0.25, 0.3) is 5.91 Å². The number of aromatic nitrogens is 2. The standard InChI is InChI=1S/C18H24N4O4/c1-18(17(25)20-11-5-3-4-6-11)9-21-10-19-13(16(24)26-2)14(21)15(23)22(18)12-7-8-12/h10-12H,3-9H2,1-2H3,(H,20,25). The van der Waals surface area contributed by atoms with Crippen LogP contribution in [-0.2, 0) is 16.1 Å². The summed E-state index contributed by atoms with van der Waals surface area (Å²) >= 11 is 0. The zero-order valence-electron chi connectivity index (χ0n) is 15.2. The number of carbonyl (C=O) groups is 3. The van der Waals surface area contributed by atoms with Gasteiger partial charge in [-0.15, -0.1) is 0 Å². The monoisotopic (exact) mass is 360 g/mol. The van der Waals surface area contributed by atoms with Gasteiger partial charge in [0.2, 0.25) is 5.91 Å². The predicted molar refractivity (Wildman–Crippen MR) is 91.6 cm³/mol. The molecule has 2 fully saturated rings. The van der Waals surface area contributed by atoms with Crippen LogP contribution in [0.4, 0.5) is 0 Å². The Labute approximate surface area is 151 Å². The Bertz CT molecular complexity index is 763. The van der Waals surface area contributed by atoms with Gasteiger partial charge in [0, 0.05) is 12.1 Å². The first kappa shape index (κ1) is 17.1. The Hall–Kier alpha value is -2.38. The fraction of sp³-hybridized carbons (Fsp3) is 0.667. The molecule has 2 amide bonds. The van der Waals surface area contributed by atoms with Crippen molar-refractivity contribution in [3.05, 3.63) is 17.7 Å². The molecule has 1 N–H and O–H groups in total. The lowest BCUT2D eigenvalue weighted by Crippen LogP contribution is -2.65. The topological polar surface area (TPSA) is 93.5 Å². The van der Waals surface area contributed by atoms with E-state index >= 15 is 0 Å². The highest BCUT2D eigenvalue weighted by Crippen LogP contribution is 2.39. The van der Waals surface area contributed by atoms with Gasteiger partial charge >= 0.3 is 5.97 Å². The fourth-order valence-corrected chi connectivity index (χ4v) is 4.21. The number of nitrogens with zero attached hydrogens (tertiary/aromatic N) is 3. The molecule has 2 saturated carbocycles. The number of hydrogen-bond donors (Lipinski definition) is 1. The Kier molecular flexibility index (Phi) is 4.00. The quantitative estimate of drug-likeness (QED) is 0.812. The van der Waals surface area contributed by atoms with Gasteiger partial charge in [0.1, 0.15) is 11.2 Å². The third-order valence-electron chi connectivity index (χ3n) is 5.74. The summed E-state index contributed by atoms with van der Waals surface area (Å²) in [4.78, 5) is 44.1. The van der Waals surface area contributed by atoms with E-state index < -0.39 is 11.5 Å². The molecule has 1 unspecified atom stereocenters. The van der Waals surface area contributed by atoms with E-state index in [9.17, 15) is 14.4 Å². The summed E-state index contributed by atoms with van der Waals surface area (Å²) in [6, 6.07) is 0.223. The number of rotatable bonds is 4. The Balaban J connectivity index is 1.69. The summed E-state index contributed by atoms with van der Waals surface area (Å²) < 4.78 is 6.36.